The molecule has 1 heterocycles. The van der Waals surface area contributed by atoms with Gasteiger partial charge in [0.1, 0.15) is 5.75 Å². The highest BCUT2D eigenvalue weighted by atomic mass is 35.5. The minimum atomic E-state index is -0.239. The minimum absolute atomic E-state index is 0.0888. The highest BCUT2D eigenvalue weighted by molar-refractivity contribution is 8.02. The van der Waals surface area contributed by atoms with E-state index in [2.05, 4.69) is 10.3 Å². The summed E-state index contributed by atoms with van der Waals surface area (Å²) in [6.07, 6.45) is 0. The lowest BCUT2D eigenvalue weighted by Crippen LogP contribution is -2.22. The Kier molecular flexibility index (Phi) is 5.50. The van der Waals surface area contributed by atoms with Gasteiger partial charge < -0.3 is 10.1 Å². The number of hydrogen-bond donors (Lipinski definition) is 1. The molecule has 2 aromatic rings. The molecule has 0 aliphatic heterocycles. The maximum Gasteiger partial charge on any atom is 0.237 e. The number of thioether (sulfide) groups is 1. The molecule has 0 saturated heterocycles. The van der Waals surface area contributed by atoms with Crippen LogP contribution in [-0.4, -0.2) is 23.3 Å². The fourth-order valence-electron chi connectivity index (χ4n) is 1.58. The molecule has 0 spiro atoms. The number of methoxy groups -OCH3 is 1. The van der Waals surface area contributed by atoms with Gasteiger partial charge in [-0.25, -0.2) is 4.98 Å². The average molecular weight is 343 g/mol. The molecular weight excluding hydrogens is 328 g/mol. The second-order valence-corrected chi connectivity index (χ2v) is 7.21. The number of aryl methyl sites for hydroxylation is 1. The first-order valence-corrected chi connectivity index (χ1v) is 8.36. The monoisotopic (exact) mass is 342 g/mol. The molecule has 112 valence electrons. The molecule has 0 saturated carbocycles. The van der Waals surface area contributed by atoms with Gasteiger partial charge in [0.15, 0.2) is 4.34 Å². The first-order valence-electron chi connectivity index (χ1n) is 6.23. The molecule has 4 nitrogen and oxygen atoms in total. The molecule has 1 amide bonds. The van der Waals surface area contributed by atoms with Gasteiger partial charge in [0, 0.05) is 16.8 Å². The van der Waals surface area contributed by atoms with Gasteiger partial charge >= 0.3 is 0 Å². The first-order chi connectivity index (χ1) is 9.99. The van der Waals surface area contributed by atoms with E-state index < -0.39 is 0 Å². The van der Waals surface area contributed by atoms with Crippen molar-refractivity contribution in [1.29, 1.82) is 0 Å². The number of halogens is 1. The Hall–Kier alpha value is -1.24. The summed E-state index contributed by atoms with van der Waals surface area (Å²) in [6, 6.07) is 5.15. The number of anilines is 1. The van der Waals surface area contributed by atoms with Gasteiger partial charge in [0.2, 0.25) is 5.91 Å². The topological polar surface area (TPSA) is 51.2 Å². The summed E-state index contributed by atoms with van der Waals surface area (Å²) in [5.41, 5.74) is 1.62. The van der Waals surface area contributed by atoms with E-state index in [1.165, 1.54) is 11.8 Å². The predicted molar refractivity (Wildman–Crippen MR) is 88.8 cm³/mol. The zero-order valence-corrected chi connectivity index (χ0v) is 14.2. The number of nitrogens with zero attached hydrogens (tertiary/aromatic N) is 1. The van der Waals surface area contributed by atoms with Gasteiger partial charge in [-0.2, -0.15) is 0 Å². The number of aromatic nitrogens is 1. The van der Waals surface area contributed by atoms with Gasteiger partial charge in [-0.05, 0) is 32.0 Å². The fraction of sp³-hybridized carbons (Fsp3) is 0.286. The van der Waals surface area contributed by atoms with Gasteiger partial charge in [-0.15, -0.1) is 11.3 Å². The molecule has 21 heavy (non-hydrogen) atoms. The molecule has 0 bridgehead atoms. The van der Waals surface area contributed by atoms with Crippen LogP contribution in [-0.2, 0) is 4.79 Å². The van der Waals surface area contributed by atoms with Crippen LogP contribution in [0.25, 0.3) is 0 Å². The second-order valence-electron chi connectivity index (χ2n) is 4.35. The van der Waals surface area contributed by atoms with E-state index in [1.807, 2.05) is 19.2 Å². The molecule has 1 aromatic heterocycles. The molecule has 1 N–H and O–H groups in total. The molecule has 0 aliphatic carbocycles. The normalized spacial score (nSPS) is 12.0. The van der Waals surface area contributed by atoms with Crippen LogP contribution in [0.2, 0.25) is 5.02 Å². The summed E-state index contributed by atoms with van der Waals surface area (Å²) in [4.78, 5) is 16.5. The van der Waals surface area contributed by atoms with Gasteiger partial charge in [0.05, 0.1) is 17.4 Å². The van der Waals surface area contributed by atoms with E-state index >= 15 is 0 Å². The lowest BCUT2D eigenvalue weighted by atomic mass is 10.3. The van der Waals surface area contributed by atoms with E-state index in [-0.39, 0.29) is 11.2 Å². The van der Waals surface area contributed by atoms with E-state index in [0.717, 1.165) is 10.0 Å². The number of thiazole rings is 1. The van der Waals surface area contributed by atoms with Crippen molar-refractivity contribution in [2.45, 2.75) is 23.4 Å². The molecule has 0 fully saturated rings. The molecule has 0 unspecified atom stereocenters. The van der Waals surface area contributed by atoms with Crippen molar-refractivity contribution < 1.29 is 9.53 Å². The van der Waals surface area contributed by atoms with E-state index in [9.17, 15) is 4.79 Å². The van der Waals surface area contributed by atoms with Crippen LogP contribution >= 0.6 is 34.7 Å². The first kappa shape index (κ1) is 16.1. The van der Waals surface area contributed by atoms with E-state index in [0.29, 0.717) is 16.5 Å². The number of carbonyl (C=O) groups is 1. The fourth-order valence-corrected chi connectivity index (χ4v) is 3.82. The zero-order chi connectivity index (χ0) is 15.4. The van der Waals surface area contributed by atoms with Gasteiger partial charge in [-0.3, -0.25) is 4.79 Å². The Bertz CT molecular complexity index is 646. The molecule has 0 radical (unpaired) electrons. The highest BCUT2D eigenvalue weighted by Gasteiger charge is 2.16. The summed E-state index contributed by atoms with van der Waals surface area (Å²) in [5, 5.41) is 5.03. The Balaban J connectivity index is 1.98. The Morgan fingerprint density at radius 3 is 2.86 bits per heavy atom. The van der Waals surface area contributed by atoms with Crippen molar-refractivity contribution >= 4 is 46.3 Å². The predicted octanol–water partition coefficient (Wildman–Crippen LogP) is 4.23. The van der Waals surface area contributed by atoms with Crippen LogP contribution in [0.15, 0.2) is 27.9 Å². The largest absolute Gasteiger partial charge is 0.495 e. The lowest BCUT2D eigenvalue weighted by molar-refractivity contribution is -0.115. The summed E-state index contributed by atoms with van der Waals surface area (Å²) >= 11 is 9.02. The number of nitrogens with one attached hydrogen (secondary N) is 1. The zero-order valence-electron chi connectivity index (χ0n) is 11.8. The minimum Gasteiger partial charge on any atom is -0.495 e. The Morgan fingerprint density at radius 2 is 2.29 bits per heavy atom. The Morgan fingerprint density at radius 1 is 1.52 bits per heavy atom. The third kappa shape index (κ3) is 4.36. The summed E-state index contributed by atoms with van der Waals surface area (Å²) in [7, 11) is 1.55. The van der Waals surface area contributed by atoms with Crippen LogP contribution in [0.1, 0.15) is 12.6 Å². The number of carbonyl (C=O) groups excluding carboxylic acids is 1. The summed E-state index contributed by atoms with van der Waals surface area (Å²) in [6.45, 7) is 3.78. The van der Waals surface area contributed by atoms with Crippen LogP contribution in [0.4, 0.5) is 5.69 Å². The third-order valence-electron chi connectivity index (χ3n) is 2.66. The van der Waals surface area contributed by atoms with Crippen molar-refractivity contribution in [2.24, 2.45) is 0 Å². The van der Waals surface area contributed by atoms with Crippen molar-refractivity contribution in [3.63, 3.8) is 0 Å². The number of hydrogen-bond acceptors (Lipinski definition) is 5. The van der Waals surface area contributed by atoms with Crippen LogP contribution < -0.4 is 10.1 Å². The molecule has 7 heteroatoms. The molecule has 0 aliphatic rings. The maximum atomic E-state index is 12.2. The summed E-state index contributed by atoms with van der Waals surface area (Å²) < 4.78 is 5.97. The van der Waals surface area contributed by atoms with Crippen LogP contribution in [0.3, 0.4) is 0 Å². The third-order valence-corrected chi connectivity index (χ3v) is 5.15. The number of amides is 1. The van der Waals surface area contributed by atoms with Crippen molar-refractivity contribution in [3.8, 4) is 5.75 Å². The molecule has 1 aromatic carbocycles. The summed E-state index contributed by atoms with van der Waals surface area (Å²) in [5.74, 6) is 0.490. The van der Waals surface area contributed by atoms with Gasteiger partial charge in [0.25, 0.3) is 0 Å². The highest BCUT2D eigenvalue weighted by Crippen LogP contribution is 2.29. The number of ether oxygens (including phenoxy) is 1. The van der Waals surface area contributed by atoms with Crippen LogP contribution in [0.5, 0.6) is 5.75 Å². The number of rotatable bonds is 5. The van der Waals surface area contributed by atoms with E-state index in [4.69, 9.17) is 16.3 Å². The lowest BCUT2D eigenvalue weighted by Gasteiger charge is -2.11. The second kappa shape index (κ2) is 7.15. The maximum absolute atomic E-state index is 12.2. The molecular formula is C14H15ClN2O2S2. The standard InChI is InChI=1S/C14H15ClN2O2S2/c1-8-7-20-14(16-8)21-9(2)13(18)17-10-4-5-12(19-3)11(15)6-10/h4-7,9H,1-3H3,(H,17,18)/t9-/m0/s1. The van der Waals surface area contributed by atoms with E-state index in [1.54, 1.807) is 36.6 Å². The number of benzene rings is 1. The SMILES string of the molecule is COc1ccc(NC(=O)[C@H](C)Sc2nc(C)cs2)cc1Cl. The van der Waals surface area contributed by atoms with Crippen LogP contribution in [0, 0.1) is 6.92 Å². The molecule has 2 rings (SSSR count). The van der Waals surface area contributed by atoms with Crippen molar-refractivity contribution in [2.75, 3.05) is 12.4 Å². The quantitative estimate of drug-likeness (QED) is 0.826. The van der Waals surface area contributed by atoms with Crippen molar-refractivity contribution in [3.05, 3.63) is 34.3 Å². The van der Waals surface area contributed by atoms with Gasteiger partial charge in [-0.1, -0.05) is 23.4 Å². The van der Waals surface area contributed by atoms with Crippen molar-refractivity contribution in [1.82, 2.24) is 4.98 Å². The Labute approximate surface area is 136 Å². The molecule has 1 atom stereocenters. The smallest absolute Gasteiger partial charge is 0.237 e. The average Bonchev–Trinajstić information content (AvgIpc) is 2.84.